The van der Waals surface area contributed by atoms with E-state index in [1.54, 1.807) is 0 Å². The van der Waals surface area contributed by atoms with Crippen LogP contribution in [0.15, 0.2) is 12.1 Å². The van der Waals surface area contributed by atoms with Gasteiger partial charge in [-0.05, 0) is 12.1 Å². The number of rotatable bonds is 4. The van der Waals surface area contributed by atoms with Gasteiger partial charge in [-0.1, -0.05) is 0 Å². The third-order valence-electron chi connectivity index (χ3n) is 1.36. The summed E-state index contributed by atoms with van der Waals surface area (Å²) in [6.45, 7) is -0.0371. The van der Waals surface area contributed by atoms with Crippen LogP contribution >= 0.6 is 0 Å². The zero-order valence-corrected chi connectivity index (χ0v) is 7.23. The van der Waals surface area contributed by atoms with Gasteiger partial charge in [-0.3, -0.25) is 9.59 Å². The number of amides is 2. The van der Waals surface area contributed by atoms with E-state index in [4.69, 9.17) is 11.5 Å². The second kappa shape index (κ2) is 4.17. The number of nitrogens with zero attached hydrogens (tertiary/aromatic N) is 2. The van der Waals surface area contributed by atoms with E-state index in [-0.39, 0.29) is 12.2 Å². The van der Waals surface area contributed by atoms with Crippen LogP contribution < -0.4 is 16.8 Å². The Hall–Kier alpha value is -2.18. The highest BCUT2D eigenvalue weighted by molar-refractivity contribution is 5.90. The number of primary amides is 2. The van der Waals surface area contributed by atoms with Crippen molar-refractivity contribution in [2.24, 2.45) is 11.5 Å². The quantitative estimate of drug-likeness (QED) is 0.537. The van der Waals surface area contributed by atoms with E-state index < -0.39 is 11.8 Å². The SMILES string of the molecule is NC(=O)CNc1ccc(C(N)=O)nn1. The Kier molecular flexibility index (Phi) is 2.95. The Morgan fingerprint density at radius 1 is 1.29 bits per heavy atom. The van der Waals surface area contributed by atoms with Crippen LogP contribution in [0.2, 0.25) is 0 Å². The van der Waals surface area contributed by atoms with Crippen molar-refractivity contribution >= 4 is 17.6 Å². The van der Waals surface area contributed by atoms with Gasteiger partial charge in [0.05, 0.1) is 6.54 Å². The molecular formula is C7H9N5O2. The minimum atomic E-state index is -0.654. The molecule has 0 atom stereocenters. The summed E-state index contributed by atoms with van der Waals surface area (Å²) in [5, 5.41) is 9.73. The van der Waals surface area contributed by atoms with Crippen molar-refractivity contribution in [2.45, 2.75) is 0 Å². The lowest BCUT2D eigenvalue weighted by molar-refractivity contribution is -0.116. The van der Waals surface area contributed by atoms with Crippen molar-refractivity contribution in [1.82, 2.24) is 10.2 Å². The fourth-order valence-corrected chi connectivity index (χ4v) is 0.736. The molecule has 0 aliphatic carbocycles. The Labute approximate surface area is 79.5 Å². The number of aromatic nitrogens is 2. The molecule has 1 heterocycles. The summed E-state index contributed by atoms with van der Waals surface area (Å²) in [6.07, 6.45) is 0. The summed E-state index contributed by atoms with van der Waals surface area (Å²) in [5.41, 5.74) is 9.91. The summed E-state index contributed by atoms with van der Waals surface area (Å²) in [6, 6.07) is 2.88. The molecule has 1 aromatic heterocycles. The van der Waals surface area contributed by atoms with Gasteiger partial charge in [-0.15, -0.1) is 10.2 Å². The van der Waals surface area contributed by atoms with Gasteiger partial charge in [0.2, 0.25) is 5.91 Å². The molecule has 0 unspecified atom stereocenters. The Bertz CT molecular complexity index is 348. The van der Waals surface area contributed by atoms with Gasteiger partial charge in [-0.2, -0.15) is 0 Å². The Morgan fingerprint density at radius 2 is 2.00 bits per heavy atom. The van der Waals surface area contributed by atoms with Gasteiger partial charge in [-0.25, -0.2) is 0 Å². The van der Waals surface area contributed by atoms with Crippen LogP contribution in [0.25, 0.3) is 0 Å². The summed E-state index contributed by atoms with van der Waals surface area (Å²) >= 11 is 0. The molecule has 0 aromatic carbocycles. The fourth-order valence-electron chi connectivity index (χ4n) is 0.736. The highest BCUT2D eigenvalue weighted by atomic mass is 16.1. The number of nitrogens with two attached hydrogens (primary N) is 2. The molecule has 0 saturated heterocycles. The first-order valence-electron chi connectivity index (χ1n) is 3.75. The predicted octanol–water partition coefficient (Wildman–Crippen LogP) is -1.53. The average Bonchev–Trinajstić information content (AvgIpc) is 2.15. The molecule has 5 N–H and O–H groups in total. The van der Waals surface area contributed by atoms with Crippen molar-refractivity contribution in [2.75, 3.05) is 11.9 Å². The lowest BCUT2D eigenvalue weighted by atomic mass is 10.4. The average molecular weight is 195 g/mol. The third-order valence-corrected chi connectivity index (χ3v) is 1.36. The Morgan fingerprint density at radius 3 is 2.43 bits per heavy atom. The number of hydrogen-bond donors (Lipinski definition) is 3. The molecule has 7 heteroatoms. The van der Waals surface area contributed by atoms with Crippen molar-refractivity contribution in [3.05, 3.63) is 17.8 Å². The fraction of sp³-hybridized carbons (Fsp3) is 0.143. The number of carbonyl (C=O) groups is 2. The Balaban J connectivity index is 2.64. The molecule has 7 nitrogen and oxygen atoms in total. The van der Waals surface area contributed by atoms with Gasteiger partial charge < -0.3 is 16.8 Å². The van der Waals surface area contributed by atoms with Crippen LogP contribution in [0, 0.1) is 0 Å². The molecule has 2 amide bonds. The minimum absolute atomic E-state index is 0.0371. The third kappa shape index (κ3) is 2.70. The lowest BCUT2D eigenvalue weighted by Crippen LogP contribution is -2.22. The minimum Gasteiger partial charge on any atom is -0.368 e. The first-order chi connectivity index (χ1) is 6.59. The van der Waals surface area contributed by atoms with Gasteiger partial charge in [0.15, 0.2) is 5.69 Å². The van der Waals surface area contributed by atoms with E-state index in [1.807, 2.05) is 0 Å². The van der Waals surface area contributed by atoms with Crippen molar-refractivity contribution in [3.8, 4) is 0 Å². The van der Waals surface area contributed by atoms with E-state index in [1.165, 1.54) is 12.1 Å². The summed E-state index contributed by atoms with van der Waals surface area (Å²) in [4.78, 5) is 21.0. The van der Waals surface area contributed by atoms with E-state index >= 15 is 0 Å². The molecule has 0 saturated carbocycles. The first-order valence-corrected chi connectivity index (χ1v) is 3.75. The number of carbonyl (C=O) groups excluding carboxylic acids is 2. The molecule has 1 aromatic rings. The van der Waals surface area contributed by atoms with Crippen LogP contribution in [0.4, 0.5) is 5.82 Å². The number of hydrogen-bond acceptors (Lipinski definition) is 5. The summed E-state index contributed by atoms with van der Waals surface area (Å²) in [7, 11) is 0. The van der Waals surface area contributed by atoms with Gasteiger partial charge in [0.25, 0.3) is 5.91 Å². The second-order valence-electron chi connectivity index (χ2n) is 2.49. The van der Waals surface area contributed by atoms with E-state index in [9.17, 15) is 9.59 Å². The van der Waals surface area contributed by atoms with Gasteiger partial charge >= 0.3 is 0 Å². The number of nitrogens with one attached hydrogen (secondary N) is 1. The van der Waals surface area contributed by atoms with E-state index in [2.05, 4.69) is 15.5 Å². The van der Waals surface area contributed by atoms with Crippen molar-refractivity contribution in [3.63, 3.8) is 0 Å². The summed E-state index contributed by atoms with van der Waals surface area (Å²) < 4.78 is 0. The largest absolute Gasteiger partial charge is 0.368 e. The van der Waals surface area contributed by atoms with Crippen molar-refractivity contribution in [1.29, 1.82) is 0 Å². The molecule has 0 bridgehead atoms. The maximum Gasteiger partial charge on any atom is 0.269 e. The maximum absolute atomic E-state index is 10.6. The molecule has 0 spiro atoms. The normalized spacial score (nSPS) is 9.43. The second-order valence-corrected chi connectivity index (χ2v) is 2.49. The molecule has 0 aliphatic heterocycles. The predicted molar refractivity (Wildman–Crippen MR) is 48.2 cm³/mol. The highest BCUT2D eigenvalue weighted by Gasteiger charge is 2.02. The molecule has 74 valence electrons. The molecule has 0 radical (unpaired) electrons. The smallest absolute Gasteiger partial charge is 0.269 e. The molecule has 0 aliphatic rings. The highest BCUT2D eigenvalue weighted by Crippen LogP contribution is 2.00. The summed E-state index contributed by atoms with van der Waals surface area (Å²) in [5.74, 6) is -0.807. The van der Waals surface area contributed by atoms with Crippen LogP contribution in [-0.2, 0) is 4.79 Å². The van der Waals surface area contributed by atoms with Crippen molar-refractivity contribution < 1.29 is 9.59 Å². The monoisotopic (exact) mass is 195 g/mol. The van der Waals surface area contributed by atoms with Crippen LogP contribution in [0.1, 0.15) is 10.5 Å². The zero-order valence-electron chi connectivity index (χ0n) is 7.23. The lowest BCUT2D eigenvalue weighted by Gasteiger charge is -2.01. The maximum atomic E-state index is 10.6. The van der Waals surface area contributed by atoms with E-state index in [0.717, 1.165) is 0 Å². The van der Waals surface area contributed by atoms with E-state index in [0.29, 0.717) is 5.82 Å². The first kappa shape index (κ1) is 9.90. The molecule has 14 heavy (non-hydrogen) atoms. The standard InChI is InChI=1S/C7H9N5O2/c8-5(13)3-10-6-2-1-4(7(9)14)11-12-6/h1-2H,3H2,(H2,8,13)(H2,9,14)(H,10,12). The van der Waals surface area contributed by atoms with Crippen LogP contribution in [0.3, 0.4) is 0 Å². The molecule has 0 fully saturated rings. The van der Waals surface area contributed by atoms with Gasteiger partial charge in [0.1, 0.15) is 5.82 Å². The zero-order chi connectivity index (χ0) is 10.6. The van der Waals surface area contributed by atoms with Crippen LogP contribution in [0.5, 0.6) is 0 Å². The van der Waals surface area contributed by atoms with Gasteiger partial charge in [0, 0.05) is 0 Å². The van der Waals surface area contributed by atoms with Crippen LogP contribution in [-0.4, -0.2) is 28.6 Å². The number of anilines is 1. The molecular weight excluding hydrogens is 186 g/mol. The topological polar surface area (TPSA) is 124 Å². The molecule has 1 rings (SSSR count).